The molecule has 0 amide bonds. The standard InChI is InChI=1S/C14H11F15O4/c1-32-6(30)5(7(31)33-2)3-4-8(15,16)9(17,18)10(19,20)11(21,22)12(23,24)13(25,26)14(27,28)29/h5H,3-4H2,1-2H3. The van der Waals surface area contributed by atoms with Crippen molar-refractivity contribution in [3.05, 3.63) is 0 Å². The summed E-state index contributed by atoms with van der Waals surface area (Å²) in [6.45, 7) is 0. The first-order chi connectivity index (χ1) is 14.3. The largest absolute Gasteiger partial charge is 0.468 e. The van der Waals surface area contributed by atoms with Gasteiger partial charge in [0.2, 0.25) is 0 Å². The number of carbonyl (C=O) groups excluding carboxylic acids is 2. The highest BCUT2D eigenvalue weighted by Gasteiger charge is 2.93. The van der Waals surface area contributed by atoms with Crippen LogP contribution < -0.4 is 0 Å². The van der Waals surface area contributed by atoms with Crippen LogP contribution in [0.2, 0.25) is 0 Å². The van der Waals surface area contributed by atoms with Crippen molar-refractivity contribution in [2.45, 2.75) is 54.6 Å². The lowest BCUT2D eigenvalue weighted by atomic mass is 9.88. The van der Waals surface area contributed by atoms with Gasteiger partial charge in [0.1, 0.15) is 0 Å². The second kappa shape index (κ2) is 8.92. The zero-order chi connectivity index (χ0) is 27.1. The van der Waals surface area contributed by atoms with Crippen molar-refractivity contribution in [3.63, 3.8) is 0 Å². The third-order valence-corrected chi connectivity index (χ3v) is 4.11. The molecule has 0 unspecified atom stereocenters. The molecule has 0 aromatic carbocycles. The van der Waals surface area contributed by atoms with Crippen LogP contribution >= 0.6 is 0 Å². The monoisotopic (exact) mass is 528 g/mol. The summed E-state index contributed by atoms with van der Waals surface area (Å²) in [5.74, 6) is -53.5. The Labute approximate surface area is 173 Å². The first kappa shape index (κ1) is 30.9. The minimum absolute atomic E-state index is 0.517. The normalized spacial score (nSPS) is 15.0. The van der Waals surface area contributed by atoms with Gasteiger partial charge in [0.15, 0.2) is 5.92 Å². The number of esters is 2. The zero-order valence-corrected chi connectivity index (χ0v) is 15.8. The zero-order valence-electron chi connectivity index (χ0n) is 15.8. The van der Waals surface area contributed by atoms with Crippen molar-refractivity contribution >= 4 is 11.9 Å². The summed E-state index contributed by atoms with van der Waals surface area (Å²) in [5, 5.41) is 0. The molecule has 33 heavy (non-hydrogen) atoms. The van der Waals surface area contributed by atoms with Crippen LogP contribution in [-0.2, 0) is 19.1 Å². The number of carbonyl (C=O) groups is 2. The molecule has 0 heterocycles. The van der Waals surface area contributed by atoms with Crippen LogP contribution in [0.15, 0.2) is 0 Å². The first-order valence-electron chi connectivity index (χ1n) is 7.81. The third kappa shape index (κ3) is 4.76. The Bertz CT molecular complexity index is 713. The van der Waals surface area contributed by atoms with Crippen molar-refractivity contribution in [1.82, 2.24) is 0 Å². The number of alkyl halides is 15. The molecule has 0 aromatic rings. The molecule has 0 bridgehead atoms. The fourth-order valence-corrected chi connectivity index (χ4v) is 2.10. The summed E-state index contributed by atoms with van der Waals surface area (Å²) in [6, 6.07) is 0. The van der Waals surface area contributed by atoms with E-state index in [1.165, 1.54) is 0 Å². The molecule has 0 aliphatic carbocycles. The first-order valence-corrected chi connectivity index (χ1v) is 7.81. The highest BCUT2D eigenvalue weighted by atomic mass is 19.4. The summed E-state index contributed by atoms with van der Waals surface area (Å²) < 4.78 is 204. The number of methoxy groups -OCH3 is 2. The molecule has 0 aliphatic heterocycles. The molecule has 19 heteroatoms. The van der Waals surface area contributed by atoms with Gasteiger partial charge in [-0.15, -0.1) is 0 Å². The highest BCUT2D eigenvalue weighted by molar-refractivity contribution is 5.94. The molecule has 0 saturated carbocycles. The molecule has 0 N–H and O–H groups in total. The van der Waals surface area contributed by atoms with Crippen molar-refractivity contribution in [2.24, 2.45) is 5.92 Å². The van der Waals surface area contributed by atoms with E-state index in [1.54, 1.807) is 0 Å². The van der Waals surface area contributed by atoms with E-state index in [9.17, 15) is 75.4 Å². The minimum atomic E-state index is -8.41. The summed E-state index contributed by atoms with van der Waals surface area (Å²) in [6.07, 6.45) is -12.5. The van der Waals surface area contributed by atoms with Gasteiger partial charge in [0, 0.05) is 6.42 Å². The molecule has 0 rings (SSSR count). The Kier molecular flexibility index (Phi) is 8.35. The lowest BCUT2D eigenvalue weighted by molar-refractivity contribution is -0.452. The van der Waals surface area contributed by atoms with Gasteiger partial charge in [-0.05, 0) is 6.42 Å². The van der Waals surface area contributed by atoms with Crippen LogP contribution in [0.1, 0.15) is 12.8 Å². The SMILES string of the molecule is COC(=O)C(CCC(F)(F)C(F)(F)C(F)(F)C(F)(F)C(F)(F)C(F)(F)C(F)(F)F)C(=O)OC. The summed E-state index contributed by atoms with van der Waals surface area (Å²) in [4.78, 5) is 22.5. The quantitative estimate of drug-likeness (QED) is 0.225. The van der Waals surface area contributed by atoms with E-state index in [2.05, 4.69) is 9.47 Å². The maximum atomic E-state index is 13.7. The predicted molar refractivity (Wildman–Crippen MR) is 72.5 cm³/mol. The lowest BCUT2D eigenvalue weighted by Crippen LogP contribution is -2.72. The summed E-state index contributed by atoms with van der Waals surface area (Å²) in [5.41, 5.74) is 0. The molecule has 0 aromatic heterocycles. The van der Waals surface area contributed by atoms with Gasteiger partial charge < -0.3 is 9.47 Å². The smallest absolute Gasteiger partial charge is 0.460 e. The molecule has 0 saturated heterocycles. The van der Waals surface area contributed by atoms with E-state index in [-0.39, 0.29) is 0 Å². The summed E-state index contributed by atoms with van der Waals surface area (Å²) in [7, 11) is 1.03. The van der Waals surface area contributed by atoms with E-state index in [1.807, 2.05) is 0 Å². The van der Waals surface area contributed by atoms with Gasteiger partial charge in [-0.25, -0.2) is 0 Å². The number of rotatable bonds is 10. The van der Waals surface area contributed by atoms with Gasteiger partial charge in [-0.2, -0.15) is 65.9 Å². The Morgan fingerprint density at radius 3 is 1.18 bits per heavy atom. The van der Waals surface area contributed by atoms with E-state index >= 15 is 0 Å². The second-order valence-electron chi connectivity index (χ2n) is 6.21. The number of hydrogen-bond acceptors (Lipinski definition) is 4. The van der Waals surface area contributed by atoms with Gasteiger partial charge in [-0.1, -0.05) is 0 Å². The summed E-state index contributed by atoms with van der Waals surface area (Å²) >= 11 is 0. The van der Waals surface area contributed by atoms with Crippen molar-refractivity contribution in [1.29, 1.82) is 0 Å². The van der Waals surface area contributed by atoms with Crippen LogP contribution in [0.5, 0.6) is 0 Å². The average Bonchev–Trinajstić information content (AvgIpc) is 2.65. The minimum Gasteiger partial charge on any atom is -0.468 e. The average molecular weight is 528 g/mol. The van der Waals surface area contributed by atoms with Crippen LogP contribution in [-0.4, -0.2) is 67.9 Å². The van der Waals surface area contributed by atoms with Crippen molar-refractivity contribution in [3.8, 4) is 0 Å². The topological polar surface area (TPSA) is 52.6 Å². The molecule has 4 nitrogen and oxygen atoms in total. The Hall–Kier alpha value is -2.11. The third-order valence-electron chi connectivity index (χ3n) is 4.11. The molecular weight excluding hydrogens is 517 g/mol. The molecule has 0 fully saturated rings. The Balaban J connectivity index is 6.32. The van der Waals surface area contributed by atoms with Crippen LogP contribution in [0.4, 0.5) is 65.9 Å². The van der Waals surface area contributed by atoms with E-state index in [0.717, 1.165) is 0 Å². The maximum absolute atomic E-state index is 13.7. The number of hydrogen-bond donors (Lipinski definition) is 0. The molecule has 196 valence electrons. The van der Waals surface area contributed by atoms with E-state index in [4.69, 9.17) is 0 Å². The van der Waals surface area contributed by atoms with Crippen molar-refractivity contribution < 1.29 is 84.9 Å². The molecule has 0 radical (unpaired) electrons. The lowest BCUT2D eigenvalue weighted by Gasteiger charge is -2.41. The van der Waals surface area contributed by atoms with Gasteiger partial charge in [0.25, 0.3) is 0 Å². The molecule has 0 atom stereocenters. The van der Waals surface area contributed by atoms with Crippen LogP contribution in [0, 0.1) is 5.92 Å². The highest BCUT2D eigenvalue weighted by Crippen LogP contribution is 2.62. The Morgan fingerprint density at radius 2 is 0.879 bits per heavy atom. The molecular formula is C14H11F15O4. The second-order valence-corrected chi connectivity index (χ2v) is 6.21. The molecule has 0 aliphatic rings. The fraction of sp³-hybridized carbons (Fsp3) is 0.857. The van der Waals surface area contributed by atoms with E-state index < -0.39 is 72.4 Å². The maximum Gasteiger partial charge on any atom is 0.460 e. The van der Waals surface area contributed by atoms with E-state index in [0.29, 0.717) is 14.2 Å². The molecule has 0 spiro atoms. The number of ether oxygens (including phenoxy) is 2. The fourth-order valence-electron chi connectivity index (χ4n) is 2.10. The van der Waals surface area contributed by atoms with Gasteiger partial charge >= 0.3 is 53.7 Å². The van der Waals surface area contributed by atoms with Crippen molar-refractivity contribution in [2.75, 3.05) is 14.2 Å². The van der Waals surface area contributed by atoms with Gasteiger partial charge in [-0.3, -0.25) is 9.59 Å². The van der Waals surface area contributed by atoms with Gasteiger partial charge in [0.05, 0.1) is 14.2 Å². The Morgan fingerprint density at radius 1 is 0.576 bits per heavy atom. The van der Waals surface area contributed by atoms with Crippen LogP contribution in [0.3, 0.4) is 0 Å². The predicted octanol–water partition coefficient (Wildman–Crippen LogP) is 5.10. The number of halogens is 15. The van der Waals surface area contributed by atoms with Crippen LogP contribution in [0.25, 0.3) is 0 Å².